The summed E-state index contributed by atoms with van der Waals surface area (Å²) in [6.45, 7) is 8.74. The molecule has 0 spiro atoms. The van der Waals surface area contributed by atoms with E-state index < -0.39 is 0 Å². The fourth-order valence-corrected chi connectivity index (χ4v) is 5.33. The topological polar surface area (TPSA) is 72.4 Å². The van der Waals surface area contributed by atoms with Gasteiger partial charge in [0, 0.05) is 38.8 Å². The number of benzene rings is 2. The van der Waals surface area contributed by atoms with Crippen molar-refractivity contribution < 1.29 is 24.1 Å². The molecule has 2 heterocycles. The Morgan fingerprint density at radius 3 is 2.68 bits per heavy atom. The van der Waals surface area contributed by atoms with E-state index in [9.17, 15) is 5.11 Å². The predicted molar refractivity (Wildman–Crippen MR) is 147 cm³/mol. The Morgan fingerprint density at radius 1 is 1.14 bits per heavy atom. The van der Waals surface area contributed by atoms with Gasteiger partial charge in [0.15, 0.2) is 0 Å². The lowest BCUT2D eigenvalue weighted by Gasteiger charge is -2.38. The number of fused-ring (bicyclic) bond motifs is 1. The molecule has 1 fully saturated rings. The highest BCUT2D eigenvalue weighted by Gasteiger charge is 2.33. The number of anilines is 1. The van der Waals surface area contributed by atoms with Gasteiger partial charge in [-0.05, 0) is 60.6 Å². The normalized spacial score (nSPS) is 22.4. The van der Waals surface area contributed by atoms with Crippen LogP contribution in [0.3, 0.4) is 0 Å². The van der Waals surface area contributed by atoms with Gasteiger partial charge in [-0.3, -0.25) is 0 Å². The molecule has 0 amide bonds. The van der Waals surface area contributed by atoms with Crippen molar-refractivity contribution in [3.63, 3.8) is 0 Å². The molecule has 2 N–H and O–H groups in total. The molecule has 7 nitrogen and oxygen atoms in total. The van der Waals surface area contributed by atoms with Gasteiger partial charge in [0.1, 0.15) is 18.1 Å². The molecule has 204 valence electrons. The van der Waals surface area contributed by atoms with Crippen LogP contribution in [0, 0.1) is 5.92 Å². The van der Waals surface area contributed by atoms with E-state index in [1.54, 1.807) is 14.2 Å². The van der Waals surface area contributed by atoms with Gasteiger partial charge >= 0.3 is 0 Å². The second-order valence-electron chi connectivity index (χ2n) is 10.6. The average molecular weight is 513 g/mol. The van der Waals surface area contributed by atoms with Gasteiger partial charge in [-0.2, -0.15) is 0 Å². The van der Waals surface area contributed by atoms with Crippen LogP contribution >= 0.6 is 0 Å². The Morgan fingerprint density at radius 2 is 1.95 bits per heavy atom. The second kappa shape index (κ2) is 13.5. The Labute approximate surface area is 222 Å². The van der Waals surface area contributed by atoms with Crippen molar-refractivity contribution in [2.45, 2.75) is 63.9 Å². The molecule has 0 bridgehead atoms. The van der Waals surface area contributed by atoms with E-state index in [4.69, 9.17) is 18.9 Å². The molecule has 2 unspecified atom stereocenters. The minimum absolute atomic E-state index is 0.0333. The quantitative estimate of drug-likeness (QED) is 0.409. The van der Waals surface area contributed by atoms with Crippen LogP contribution in [0.2, 0.25) is 0 Å². The van der Waals surface area contributed by atoms with Gasteiger partial charge in [-0.25, -0.2) is 0 Å². The van der Waals surface area contributed by atoms with E-state index in [0.717, 1.165) is 68.3 Å². The first-order chi connectivity index (χ1) is 18.0. The number of hydrogen-bond acceptors (Lipinski definition) is 7. The molecule has 2 aliphatic rings. The predicted octanol–water partition coefficient (Wildman–Crippen LogP) is 4.37. The molecule has 0 aliphatic carbocycles. The summed E-state index contributed by atoms with van der Waals surface area (Å²) in [5.74, 6) is 2.28. The van der Waals surface area contributed by atoms with E-state index in [-0.39, 0.29) is 30.1 Å². The van der Waals surface area contributed by atoms with Gasteiger partial charge in [-0.15, -0.1) is 0 Å². The highest BCUT2D eigenvalue weighted by molar-refractivity contribution is 5.61. The Bertz CT molecular complexity index is 967. The first-order valence-corrected chi connectivity index (χ1v) is 13.6. The van der Waals surface area contributed by atoms with Crippen LogP contribution in [0.1, 0.15) is 50.2 Å². The third kappa shape index (κ3) is 7.38. The molecule has 0 aromatic heterocycles. The molecule has 0 saturated carbocycles. The Hall–Kier alpha value is -2.32. The van der Waals surface area contributed by atoms with E-state index >= 15 is 0 Å². The highest BCUT2D eigenvalue weighted by atomic mass is 16.5. The summed E-state index contributed by atoms with van der Waals surface area (Å²) in [6, 6.07) is 15.0. The first-order valence-electron chi connectivity index (χ1n) is 13.6. The molecular formula is C30H44N2O5. The first kappa shape index (κ1) is 27.7. The van der Waals surface area contributed by atoms with E-state index in [1.165, 1.54) is 5.56 Å². The van der Waals surface area contributed by atoms with Gasteiger partial charge in [0.05, 0.1) is 38.2 Å². The molecule has 37 heavy (non-hydrogen) atoms. The number of nitrogens with one attached hydrogen (secondary N) is 1. The summed E-state index contributed by atoms with van der Waals surface area (Å²) in [4.78, 5) is 2.38. The molecule has 4 rings (SSSR count). The Balaban J connectivity index is 1.45. The number of nitrogens with zero attached hydrogens (tertiary/aromatic N) is 1. The maximum Gasteiger partial charge on any atom is 0.142 e. The fourth-order valence-electron chi connectivity index (χ4n) is 5.33. The smallest absolute Gasteiger partial charge is 0.142 e. The number of aliphatic hydroxyl groups is 1. The van der Waals surface area contributed by atoms with Crippen LogP contribution in [0.4, 0.5) is 5.69 Å². The summed E-state index contributed by atoms with van der Waals surface area (Å²) in [6.07, 6.45) is 2.38. The van der Waals surface area contributed by atoms with Crippen LogP contribution in [-0.4, -0.2) is 70.4 Å². The minimum Gasteiger partial charge on any atom is -0.497 e. The van der Waals surface area contributed by atoms with Gasteiger partial charge in [0.25, 0.3) is 0 Å². The third-order valence-corrected chi connectivity index (χ3v) is 7.66. The highest BCUT2D eigenvalue weighted by Crippen LogP contribution is 2.35. The number of ether oxygens (including phenoxy) is 4. The lowest BCUT2D eigenvalue weighted by Crippen LogP contribution is -2.48. The van der Waals surface area contributed by atoms with Crippen molar-refractivity contribution in [1.82, 2.24) is 5.32 Å². The van der Waals surface area contributed by atoms with Crippen LogP contribution in [0.15, 0.2) is 42.5 Å². The average Bonchev–Trinajstić information content (AvgIpc) is 2.92. The molecular weight excluding hydrogens is 468 g/mol. The summed E-state index contributed by atoms with van der Waals surface area (Å²) >= 11 is 0. The summed E-state index contributed by atoms with van der Waals surface area (Å²) in [5.41, 5.74) is 3.53. The van der Waals surface area contributed by atoms with Gasteiger partial charge < -0.3 is 34.3 Å². The van der Waals surface area contributed by atoms with E-state index in [1.807, 2.05) is 12.1 Å². The number of hydrogen-bond donors (Lipinski definition) is 2. The zero-order valence-electron chi connectivity index (χ0n) is 22.8. The summed E-state index contributed by atoms with van der Waals surface area (Å²) in [7, 11) is 3.44. The van der Waals surface area contributed by atoms with Crippen LogP contribution < -0.4 is 19.7 Å². The van der Waals surface area contributed by atoms with Crippen molar-refractivity contribution in [2.75, 3.05) is 52.0 Å². The summed E-state index contributed by atoms with van der Waals surface area (Å²) in [5, 5.41) is 14.1. The molecule has 1 saturated heterocycles. The molecule has 2 aliphatic heterocycles. The van der Waals surface area contributed by atoms with Crippen LogP contribution in [0.25, 0.3) is 0 Å². The number of rotatable bonds is 12. The zero-order chi connectivity index (χ0) is 26.2. The van der Waals surface area contributed by atoms with Gasteiger partial charge in [0.2, 0.25) is 0 Å². The largest absolute Gasteiger partial charge is 0.497 e. The monoisotopic (exact) mass is 512 g/mol. The van der Waals surface area contributed by atoms with Crippen LogP contribution in [-0.2, 0) is 16.1 Å². The second-order valence-corrected chi connectivity index (χ2v) is 10.6. The maximum absolute atomic E-state index is 10.5. The lowest BCUT2D eigenvalue weighted by molar-refractivity contribution is -0.00352. The van der Waals surface area contributed by atoms with Crippen molar-refractivity contribution >= 4 is 5.69 Å². The van der Waals surface area contributed by atoms with Crippen molar-refractivity contribution in [1.29, 1.82) is 0 Å². The molecule has 7 heteroatoms. The third-order valence-electron chi connectivity index (χ3n) is 7.66. The SMILES string of the molecule is COCCCN1CCOc2ccc(CO[C@H]3CNC(CC(O)C(C)C)C[C@@H]3c3ccc(OC)cc3)cc21. The number of aliphatic hydroxyl groups excluding tert-OH is 1. The Kier molecular flexibility index (Phi) is 10.1. The molecule has 2 aromatic rings. The van der Waals surface area contributed by atoms with E-state index in [0.29, 0.717) is 13.2 Å². The molecule has 0 radical (unpaired) electrons. The maximum atomic E-state index is 10.5. The summed E-state index contributed by atoms with van der Waals surface area (Å²) < 4.78 is 23.1. The van der Waals surface area contributed by atoms with Crippen molar-refractivity contribution in [3.8, 4) is 11.5 Å². The number of methoxy groups -OCH3 is 2. The van der Waals surface area contributed by atoms with E-state index in [2.05, 4.69) is 54.4 Å². The van der Waals surface area contributed by atoms with Crippen molar-refractivity contribution in [2.24, 2.45) is 5.92 Å². The lowest BCUT2D eigenvalue weighted by atomic mass is 9.82. The zero-order valence-corrected chi connectivity index (χ0v) is 22.8. The standard InChI is InChI=1S/C30H44N2O5/c1-21(2)28(33)18-24-17-26(23-7-9-25(35-4)10-8-23)30(19-31-24)37-20-22-6-11-29-27(16-22)32(13-15-36-29)12-5-14-34-3/h6-11,16,21,24,26,28,30-31,33H,5,12-15,17-20H2,1-4H3/t24?,26-,28?,30+/m1/s1. The number of piperidine rings is 1. The molecule has 4 atom stereocenters. The van der Waals surface area contributed by atoms with Crippen LogP contribution in [0.5, 0.6) is 11.5 Å². The van der Waals surface area contributed by atoms with Crippen molar-refractivity contribution in [3.05, 3.63) is 53.6 Å². The minimum atomic E-state index is -0.309. The fraction of sp³-hybridized carbons (Fsp3) is 0.600. The molecule has 2 aromatic carbocycles. The van der Waals surface area contributed by atoms with Gasteiger partial charge in [-0.1, -0.05) is 32.0 Å².